The Morgan fingerprint density at radius 2 is 1.96 bits per heavy atom. The van der Waals surface area contributed by atoms with Crippen LogP contribution in [0.3, 0.4) is 0 Å². The van der Waals surface area contributed by atoms with E-state index >= 15 is 0 Å². The Bertz CT molecular complexity index is 1040. The van der Waals surface area contributed by atoms with Gasteiger partial charge in [-0.1, -0.05) is 25.2 Å². The number of nitrogens with one attached hydrogen (secondary N) is 2. The van der Waals surface area contributed by atoms with E-state index in [0.29, 0.717) is 16.3 Å². The van der Waals surface area contributed by atoms with Gasteiger partial charge in [0.05, 0.1) is 19.7 Å². The topological polar surface area (TPSA) is 88.2 Å². The Hall–Kier alpha value is -1.49. The maximum absolute atomic E-state index is 12.4. The molecule has 0 radical (unpaired) electrons. The van der Waals surface area contributed by atoms with Crippen LogP contribution in [0.15, 0.2) is 38.3 Å². The van der Waals surface area contributed by atoms with Crippen molar-refractivity contribution in [2.45, 2.75) is 18.1 Å². The third kappa shape index (κ3) is 4.20. The summed E-state index contributed by atoms with van der Waals surface area (Å²) in [6, 6.07) is 8.33. The number of rotatable bonds is 5. The van der Waals surface area contributed by atoms with Gasteiger partial charge in [0.15, 0.2) is 5.13 Å². The lowest BCUT2D eigenvalue weighted by molar-refractivity contribution is -0.118. The van der Waals surface area contributed by atoms with Crippen molar-refractivity contribution in [1.29, 1.82) is 0 Å². The summed E-state index contributed by atoms with van der Waals surface area (Å²) in [5.41, 5.74) is 1.04. The Balaban J connectivity index is 1.85. The van der Waals surface area contributed by atoms with Crippen molar-refractivity contribution < 1.29 is 13.2 Å². The molecule has 25 heavy (non-hydrogen) atoms. The van der Waals surface area contributed by atoms with Crippen LogP contribution in [0, 0.1) is 5.92 Å². The number of nitrogens with zero attached hydrogens (tertiary/aromatic N) is 1. The molecule has 0 atom stereocenters. The minimum atomic E-state index is -3.64. The number of anilines is 2. The van der Waals surface area contributed by atoms with Crippen molar-refractivity contribution in [2.75, 3.05) is 10.0 Å². The van der Waals surface area contributed by atoms with Crippen LogP contribution in [0.25, 0.3) is 10.2 Å². The third-order valence-corrected chi connectivity index (χ3v) is 7.66. The van der Waals surface area contributed by atoms with Crippen molar-refractivity contribution in [3.05, 3.63) is 34.1 Å². The summed E-state index contributed by atoms with van der Waals surface area (Å²) in [6.45, 7) is 3.61. The summed E-state index contributed by atoms with van der Waals surface area (Å²) in [5.74, 6) is -0.247. The van der Waals surface area contributed by atoms with E-state index in [-0.39, 0.29) is 16.0 Å². The molecule has 0 fully saturated rings. The lowest BCUT2D eigenvalue weighted by Crippen LogP contribution is -2.17. The highest BCUT2D eigenvalue weighted by Crippen LogP contribution is 2.31. The highest BCUT2D eigenvalue weighted by molar-refractivity contribution is 9.11. The first-order chi connectivity index (χ1) is 11.7. The van der Waals surface area contributed by atoms with E-state index < -0.39 is 10.0 Å². The second kappa shape index (κ2) is 7.02. The van der Waals surface area contributed by atoms with E-state index in [1.807, 2.05) is 0 Å². The molecule has 10 heteroatoms. The zero-order chi connectivity index (χ0) is 18.2. The first-order valence-corrected chi connectivity index (χ1v) is 11.1. The van der Waals surface area contributed by atoms with E-state index in [1.165, 1.54) is 17.4 Å². The fraction of sp³-hybridized carbons (Fsp3) is 0.200. The van der Waals surface area contributed by atoms with Gasteiger partial charge in [0.2, 0.25) is 5.91 Å². The molecular weight excluding hydrogens is 446 g/mol. The van der Waals surface area contributed by atoms with Crippen LogP contribution in [-0.4, -0.2) is 19.3 Å². The van der Waals surface area contributed by atoms with Crippen molar-refractivity contribution in [3.63, 3.8) is 0 Å². The van der Waals surface area contributed by atoms with Crippen molar-refractivity contribution in [2.24, 2.45) is 5.92 Å². The Morgan fingerprint density at radius 3 is 2.60 bits per heavy atom. The summed E-state index contributed by atoms with van der Waals surface area (Å²) in [5, 5.41) is 3.25. The van der Waals surface area contributed by atoms with Crippen molar-refractivity contribution >= 4 is 75.6 Å². The molecule has 1 amide bonds. The van der Waals surface area contributed by atoms with Crippen LogP contribution in [0.1, 0.15) is 13.8 Å². The number of thiazole rings is 1. The number of benzene rings is 1. The van der Waals surface area contributed by atoms with Crippen LogP contribution in [0.2, 0.25) is 0 Å². The predicted molar refractivity (Wildman–Crippen MR) is 106 cm³/mol. The van der Waals surface area contributed by atoms with Gasteiger partial charge < -0.3 is 5.32 Å². The maximum atomic E-state index is 12.4. The summed E-state index contributed by atoms with van der Waals surface area (Å²) in [6.07, 6.45) is 0. The quantitative estimate of drug-likeness (QED) is 0.586. The highest BCUT2D eigenvalue weighted by atomic mass is 79.9. The standard InChI is InChI=1S/C15H14BrN3O3S3/c1-8(2)14(20)18-15-17-10-7-9(3-4-11(10)23-15)19-25(21,22)13-6-5-12(16)24-13/h3-8,19H,1-2H3,(H,17,18,20). The Kier molecular flexibility index (Phi) is 5.14. The van der Waals surface area contributed by atoms with Gasteiger partial charge in [-0.15, -0.1) is 11.3 Å². The molecule has 0 bridgehead atoms. The molecule has 0 saturated heterocycles. The van der Waals surface area contributed by atoms with Gasteiger partial charge in [0.25, 0.3) is 10.0 Å². The molecule has 2 heterocycles. The Labute approximate surface area is 161 Å². The molecule has 3 rings (SSSR count). The van der Waals surface area contributed by atoms with Gasteiger partial charge >= 0.3 is 0 Å². The van der Waals surface area contributed by atoms with Crippen LogP contribution in [0.5, 0.6) is 0 Å². The molecular formula is C15H14BrN3O3S3. The van der Waals surface area contributed by atoms with E-state index in [1.54, 1.807) is 38.1 Å². The zero-order valence-corrected chi connectivity index (χ0v) is 17.3. The second-order valence-electron chi connectivity index (χ2n) is 5.51. The number of amides is 1. The molecule has 0 aliphatic rings. The van der Waals surface area contributed by atoms with Gasteiger partial charge in [-0.05, 0) is 46.3 Å². The third-order valence-electron chi connectivity index (χ3n) is 3.21. The zero-order valence-electron chi connectivity index (χ0n) is 13.2. The van der Waals surface area contributed by atoms with Crippen molar-refractivity contribution in [3.8, 4) is 0 Å². The number of hydrogen-bond acceptors (Lipinski definition) is 6. The summed E-state index contributed by atoms with van der Waals surface area (Å²) >= 11 is 5.74. The molecule has 0 aliphatic carbocycles. The first-order valence-electron chi connectivity index (χ1n) is 7.24. The fourth-order valence-electron chi connectivity index (χ4n) is 1.94. The average Bonchev–Trinajstić information content (AvgIpc) is 3.12. The molecule has 0 spiro atoms. The van der Waals surface area contributed by atoms with E-state index in [0.717, 1.165) is 19.8 Å². The van der Waals surface area contributed by atoms with E-state index in [4.69, 9.17) is 0 Å². The largest absolute Gasteiger partial charge is 0.302 e. The molecule has 0 unspecified atom stereocenters. The Morgan fingerprint density at radius 1 is 1.20 bits per heavy atom. The average molecular weight is 460 g/mol. The molecule has 2 N–H and O–H groups in total. The van der Waals surface area contributed by atoms with Crippen LogP contribution in [-0.2, 0) is 14.8 Å². The number of thiophene rings is 1. The summed E-state index contributed by atoms with van der Waals surface area (Å²) < 4.78 is 29.1. The summed E-state index contributed by atoms with van der Waals surface area (Å²) in [7, 11) is -3.64. The SMILES string of the molecule is CC(C)C(=O)Nc1nc2cc(NS(=O)(=O)c3ccc(Br)s3)ccc2s1. The predicted octanol–water partition coefficient (Wildman–Crippen LogP) is 4.52. The molecule has 132 valence electrons. The fourth-order valence-corrected chi connectivity index (χ4v) is 5.85. The maximum Gasteiger partial charge on any atom is 0.271 e. The number of carbonyl (C=O) groups is 1. The molecule has 2 aromatic heterocycles. The summed E-state index contributed by atoms with van der Waals surface area (Å²) in [4.78, 5) is 16.1. The minimum Gasteiger partial charge on any atom is -0.302 e. The van der Waals surface area contributed by atoms with Crippen molar-refractivity contribution in [1.82, 2.24) is 4.98 Å². The molecule has 3 aromatic rings. The normalized spacial score (nSPS) is 11.8. The number of carbonyl (C=O) groups excluding carboxylic acids is 1. The smallest absolute Gasteiger partial charge is 0.271 e. The van der Waals surface area contributed by atoms with E-state index in [2.05, 4.69) is 31.0 Å². The number of sulfonamides is 1. The number of fused-ring (bicyclic) bond motifs is 1. The molecule has 0 aliphatic heterocycles. The monoisotopic (exact) mass is 459 g/mol. The van der Waals surface area contributed by atoms with E-state index in [9.17, 15) is 13.2 Å². The molecule has 1 aromatic carbocycles. The lowest BCUT2D eigenvalue weighted by atomic mass is 10.2. The van der Waals surface area contributed by atoms with Gasteiger partial charge in [0.1, 0.15) is 4.21 Å². The lowest BCUT2D eigenvalue weighted by Gasteiger charge is -2.05. The first kappa shape index (κ1) is 18.3. The second-order valence-corrected chi connectivity index (χ2v) is 10.9. The van der Waals surface area contributed by atoms with Gasteiger partial charge in [-0.3, -0.25) is 9.52 Å². The minimum absolute atomic E-state index is 0.108. The van der Waals surface area contributed by atoms with Gasteiger partial charge in [0, 0.05) is 5.92 Å². The number of hydrogen-bond donors (Lipinski definition) is 2. The number of halogens is 1. The van der Waals surface area contributed by atoms with Crippen LogP contribution in [0.4, 0.5) is 10.8 Å². The molecule has 6 nitrogen and oxygen atoms in total. The van der Waals surface area contributed by atoms with Gasteiger partial charge in [-0.2, -0.15) is 0 Å². The highest BCUT2D eigenvalue weighted by Gasteiger charge is 2.17. The van der Waals surface area contributed by atoms with Crippen LogP contribution < -0.4 is 10.0 Å². The van der Waals surface area contributed by atoms with Crippen LogP contribution >= 0.6 is 38.6 Å². The molecule has 0 saturated carbocycles. The number of aromatic nitrogens is 1. The van der Waals surface area contributed by atoms with Gasteiger partial charge in [-0.25, -0.2) is 13.4 Å².